The Morgan fingerprint density at radius 3 is 1.58 bits per heavy atom. The molecule has 0 aromatic heterocycles. The summed E-state index contributed by atoms with van der Waals surface area (Å²) < 4.78 is 99.7. The van der Waals surface area contributed by atoms with Crippen molar-refractivity contribution < 1.29 is 39.8 Å². The summed E-state index contributed by atoms with van der Waals surface area (Å²) in [6, 6.07) is 0. The van der Waals surface area contributed by atoms with Crippen molar-refractivity contribution in [1.82, 2.24) is 0 Å². The quantitative estimate of drug-likeness (QED) is 0.450. The second kappa shape index (κ2) is 4.88. The van der Waals surface area contributed by atoms with E-state index in [1.54, 1.807) is 0 Å². The van der Waals surface area contributed by atoms with Gasteiger partial charge >= 0.3 is 6.18 Å². The topological polar surface area (TPSA) is 18.5 Å². The minimum atomic E-state index is -5.56. The first-order valence-electron chi connectivity index (χ1n) is 4.74. The van der Waals surface area contributed by atoms with E-state index in [2.05, 4.69) is 9.05 Å². The number of hydrogen-bond acceptors (Lipinski definition) is 2. The Morgan fingerprint density at radius 2 is 1.21 bits per heavy atom. The third-order valence-electron chi connectivity index (χ3n) is 2.21. The smallest absolute Gasteiger partial charge is 0.328 e. The summed E-state index contributed by atoms with van der Waals surface area (Å²) in [6.07, 6.45) is -5.56. The molecule has 1 aliphatic heterocycles. The molecule has 1 saturated heterocycles. The molecule has 0 saturated carbocycles. The summed E-state index contributed by atoms with van der Waals surface area (Å²) in [7, 11) is -2.46. The van der Waals surface area contributed by atoms with Crippen molar-refractivity contribution >= 4 is 13.7 Å². The highest BCUT2D eigenvalue weighted by Crippen LogP contribution is 2.45. The van der Waals surface area contributed by atoms with Gasteiger partial charge in [0.1, 0.15) is 10.9 Å². The third-order valence-corrected chi connectivity index (χ3v) is 3.80. The van der Waals surface area contributed by atoms with Crippen LogP contribution in [0.25, 0.3) is 0 Å². The minimum Gasteiger partial charge on any atom is -0.328 e. The summed E-state index contributed by atoms with van der Waals surface area (Å²) in [6.45, 7) is -0.149. The number of alkyl halides is 3. The molecule has 10 heteroatoms. The van der Waals surface area contributed by atoms with Crippen LogP contribution in [0.2, 0.25) is 0 Å². The summed E-state index contributed by atoms with van der Waals surface area (Å²) in [4.78, 5) is 0. The monoisotopic (exact) mass is 308 g/mol. The van der Waals surface area contributed by atoms with Gasteiger partial charge in [0.05, 0.1) is 13.2 Å². The fraction of sp³-hybridized carbons (Fsp3) is 0.333. The van der Waals surface area contributed by atoms with Crippen molar-refractivity contribution in [2.24, 2.45) is 0 Å². The largest absolute Gasteiger partial charge is 0.422 e. The van der Waals surface area contributed by atoms with Crippen molar-refractivity contribution in [3.8, 4) is 0 Å². The molecule has 2 nitrogen and oxygen atoms in total. The first kappa shape index (κ1) is 14.5. The predicted molar refractivity (Wildman–Crippen MR) is 49.7 cm³/mol. The Hall–Kier alpha value is -0.920. The van der Waals surface area contributed by atoms with E-state index in [0.717, 1.165) is 0 Å². The average molecular weight is 308 g/mol. The minimum absolute atomic E-state index is 0.0746. The highest BCUT2D eigenvalue weighted by molar-refractivity contribution is 7.56. The van der Waals surface area contributed by atoms with Gasteiger partial charge in [-0.15, -0.1) is 0 Å². The summed E-state index contributed by atoms with van der Waals surface area (Å²) in [5, 5.41) is -1.28. The van der Waals surface area contributed by atoms with Crippen molar-refractivity contribution in [1.29, 1.82) is 0 Å². The molecule has 0 bridgehead atoms. The first-order valence-corrected chi connectivity index (χ1v) is 5.92. The van der Waals surface area contributed by atoms with Gasteiger partial charge in [-0.25, -0.2) is 17.6 Å². The lowest BCUT2D eigenvalue weighted by Gasteiger charge is -2.15. The molecule has 0 atom stereocenters. The molecular weight excluding hydrogens is 304 g/mol. The molecule has 0 amide bonds. The fourth-order valence-corrected chi connectivity index (χ4v) is 2.77. The van der Waals surface area contributed by atoms with Crippen LogP contribution in [-0.2, 0) is 15.2 Å². The van der Waals surface area contributed by atoms with Crippen LogP contribution >= 0.6 is 8.38 Å². The Labute approximate surface area is 103 Å². The van der Waals surface area contributed by atoms with Crippen LogP contribution in [0, 0.1) is 23.3 Å². The lowest BCUT2D eigenvalue weighted by Crippen LogP contribution is -2.24. The molecular formula is C9H4F7O2P. The molecule has 0 radical (unpaired) electrons. The molecule has 1 aromatic rings. The number of benzene rings is 1. The summed E-state index contributed by atoms with van der Waals surface area (Å²) >= 11 is 0. The number of hydrogen-bond donors (Lipinski definition) is 0. The highest BCUT2D eigenvalue weighted by Gasteiger charge is 2.44. The van der Waals surface area contributed by atoms with E-state index in [0.29, 0.717) is 0 Å². The SMILES string of the molecule is Fc1c(F)c(C(F)(F)F)c(F)c(F)c1P1OCCO1. The van der Waals surface area contributed by atoms with Crippen LogP contribution in [0.15, 0.2) is 0 Å². The van der Waals surface area contributed by atoms with Crippen LogP contribution in [-0.4, -0.2) is 13.2 Å². The van der Waals surface area contributed by atoms with Gasteiger partial charge in [0.2, 0.25) is 8.38 Å². The zero-order chi connectivity index (χ0) is 14.4. The zero-order valence-corrected chi connectivity index (χ0v) is 9.72. The molecule has 1 fully saturated rings. The molecule has 2 rings (SSSR count). The maximum absolute atomic E-state index is 13.5. The zero-order valence-electron chi connectivity index (χ0n) is 8.82. The van der Waals surface area contributed by atoms with E-state index in [1.807, 2.05) is 0 Å². The van der Waals surface area contributed by atoms with Crippen molar-refractivity contribution in [3.63, 3.8) is 0 Å². The van der Waals surface area contributed by atoms with E-state index in [-0.39, 0.29) is 13.2 Å². The van der Waals surface area contributed by atoms with Crippen LogP contribution in [0.1, 0.15) is 5.56 Å². The van der Waals surface area contributed by atoms with Gasteiger partial charge in [-0.3, -0.25) is 0 Å². The van der Waals surface area contributed by atoms with E-state index in [9.17, 15) is 30.7 Å². The second-order valence-electron chi connectivity index (χ2n) is 3.40. The van der Waals surface area contributed by atoms with E-state index in [4.69, 9.17) is 0 Å². The Kier molecular flexibility index (Phi) is 3.72. The normalized spacial score (nSPS) is 17.2. The van der Waals surface area contributed by atoms with Gasteiger partial charge in [-0.2, -0.15) is 13.2 Å². The molecule has 106 valence electrons. The van der Waals surface area contributed by atoms with Gasteiger partial charge in [-0.1, -0.05) is 0 Å². The Bertz CT molecular complexity index is 481. The van der Waals surface area contributed by atoms with Crippen LogP contribution in [0.5, 0.6) is 0 Å². The maximum atomic E-state index is 13.5. The lowest BCUT2D eigenvalue weighted by molar-refractivity contribution is -0.143. The fourth-order valence-electron chi connectivity index (χ4n) is 1.44. The Morgan fingerprint density at radius 1 is 0.789 bits per heavy atom. The molecule has 1 aliphatic rings. The molecule has 0 N–H and O–H groups in total. The predicted octanol–water partition coefficient (Wildman–Crippen LogP) is 3.25. The molecule has 1 aromatic carbocycles. The summed E-state index contributed by atoms with van der Waals surface area (Å²) in [5.74, 6) is -9.33. The molecule has 0 aliphatic carbocycles. The van der Waals surface area contributed by atoms with Crippen LogP contribution in [0.4, 0.5) is 30.7 Å². The average Bonchev–Trinajstić information content (AvgIpc) is 2.79. The van der Waals surface area contributed by atoms with E-state index in [1.165, 1.54) is 0 Å². The third kappa shape index (κ3) is 2.42. The molecule has 19 heavy (non-hydrogen) atoms. The first-order chi connectivity index (χ1) is 8.75. The van der Waals surface area contributed by atoms with Crippen molar-refractivity contribution in [2.75, 3.05) is 13.2 Å². The van der Waals surface area contributed by atoms with Crippen molar-refractivity contribution in [2.45, 2.75) is 6.18 Å². The summed E-state index contributed by atoms with van der Waals surface area (Å²) in [5.41, 5.74) is -2.61. The second-order valence-corrected chi connectivity index (χ2v) is 4.88. The number of halogens is 7. The molecule has 1 heterocycles. The molecule has 0 spiro atoms. The lowest BCUT2D eigenvalue weighted by atomic mass is 10.1. The van der Waals surface area contributed by atoms with Gasteiger partial charge in [0, 0.05) is 0 Å². The van der Waals surface area contributed by atoms with Gasteiger partial charge < -0.3 is 9.05 Å². The standard InChI is InChI=1S/C9H4F7O2P/c10-4-3(9(14,15)16)5(11)7(13)8(6(4)12)19-17-1-2-18-19/h1-2H2. The maximum Gasteiger partial charge on any atom is 0.422 e. The van der Waals surface area contributed by atoms with Crippen molar-refractivity contribution in [3.05, 3.63) is 28.8 Å². The van der Waals surface area contributed by atoms with E-state index < -0.39 is 48.7 Å². The van der Waals surface area contributed by atoms with Gasteiger partial charge in [0.15, 0.2) is 23.3 Å². The van der Waals surface area contributed by atoms with Crippen LogP contribution in [0.3, 0.4) is 0 Å². The molecule has 0 unspecified atom stereocenters. The number of rotatable bonds is 1. The van der Waals surface area contributed by atoms with E-state index >= 15 is 0 Å². The Balaban J connectivity index is 2.66. The van der Waals surface area contributed by atoms with Gasteiger partial charge in [0.25, 0.3) is 0 Å². The van der Waals surface area contributed by atoms with Crippen LogP contribution < -0.4 is 5.30 Å². The highest BCUT2D eigenvalue weighted by atomic mass is 31.2. The van der Waals surface area contributed by atoms with Gasteiger partial charge in [-0.05, 0) is 0 Å².